The van der Waals surface area contributed by atoms with Crippen LogP contribution in [0.1, 0.15) is 29.8 Å². The maximum atomic E-state index is 12.0. The van der Waals surface area contributed by atoms with Gasteiger partial charge in [-0.25, -0.2) is 4.68 Å². The lowest BCUT2D eigenvalue weighted by atomic mass is 10.2. The van der Waals surface area contributed by atoms with Crippen LogP contribution in [0.15, 0.2) is 36.5 Å². The lowest BCUT2D eigenvalue weighted by Gasteiger charge is -2.03. The normalized spacial score (nSPS) is 10.3. The zero-order valence-corrected chi connectivity index (χ0v) is 12.7. The number of hydrogen-bond acceptors (Lipinski definition) is 5. The van der Waals surface area contributed by atoms with E-state index in [-0.39, 0.29) is 23.5 Å². The average molecular weight is 332 g/mol. The highest BCUT2D eigenvalue weighted by Gasteiger charge is 2.16. The van der Waals surface area contributed by atoms with Gasteiger partial charge in [0.25, 0.3) is 11.6 Å². The molecule has 0 saturated heterocycles. The number of nitro groups is 1. The molecule has 0 aliphatic carbocycles. The van der Waals surface area contributed by atoms with Crippen molar-refractivity contribution in [2.24, 2.45) is 0 Å². The molecule has 126 valence electrons. The van der Waals surface area contributed by atoms with Gasteiger partial charge in [0.15, 0.2) is 5.69 Å². The van der Waals surface area contributed by atoms with Crippen molar-refractivity contribution in [2.45, 2.75) is 19.3 Å². The van der Waals surface area contributed by atoms with Gasteiger partial charge in [0.05, 0.1) is 4.92 Å². The number of aliphatic carboxylic acids is 1. The lowest BCUT2D eigenvalue weighted by molar-refractivity contribution is -0.384. The largest absolute Gasteiger partial charge is 0.481 e. The molecule has 1 aromatic carbocycles. The highest BCUT2D eigenvalue weighted by atomic mass is 16.6. The molecule has 0 bridgehead atoms. The number of benzene rings is 1. The van der Waals surface area contributed by atoms with Crippen LogP contribution in [0.2, 0.25) is 0 Å². The van der Waals surface area contributed by atoms with Crippen LogP contribution in [0.5, 0.6) is 0 Å². The molecular weight excluding hydrogens is 316 g/mol. The van der Waals surface area contributed by atoms with Crippen molar-refractivity contribution in [2.75, 3.05) is 6.54 Å². The minimum atomic E-state index is -0.871. The highest BCUT2D eigenvalue weighted by Crippen LogP contribution is 2.21. The summed E-state index contributed by atoms with van der Waals surface area (Å²) in [5.41, 5.74) is 0.288. The van der Waals surface area contributed by atoms with Gasteiger partial charge in [0, 0.05) is 25.2 Å². The minimum Gasteiger partial charge on any atom is -0.481 e. The Labute approximate surface area is 137 Å². The van der Waals surface area contributed by atoms with Crippen molar-refractivity contribution in [1.29, 1.82) is 0 Å². The second-order valence-electron chi connectivity index (χ2n) is 5.00. The zero-order valence-electron chi connectivity index (χ0n) is 12.7. The molecule has 0 saturated carbocycles. The summed E-state index contributed by atoms with van der Waals surface area (Å²) < 4.78 is 1.28. The molecule has 9 heteroatoms. The molecule has 2 aromatic rings. The summed E-state index contributed by atoms with van der Waals surface area (Å²) >= 11 is 0. The number of carbonyl (C=O) groups excluding carboxylic acids is 1. The third-order valence-electron chi connectivity index (χ3n) is 3.25. The zero-order chi connectivity index (χ0) is 17.5. The van der Waals surface area contributed by atoms with Gasteiger partial charge in [-0.3, -0.25) is 19.7 Å². The first-order valence-corrected chi connectivity index (χ1v) is 7.28. The third-order valence-corrected chi connectivity index (χ3v) is 3.25. The van der Waals surface area contributed by atoms with Crippen LogP contribution >= 0.6 is 0 Å². The summed E-state index contributed by atoms with van der Waals surface area (Å²) in [7, 11) is 0. The van der Waals surface area contributed by atoms with Crippen LogP contribution in [0.4, 0.5) is 5.69 Å². The highest BCUT2D eigenvalue weighted by molar-refractivity contribution is 5.92. The lowest BCUT2D eigenvalue weighted by Crippen LogP contribution is -2.25. The second-order valence-corrected chi connectivity index (χ2v) is 5.00. The van der Waals surface area contributed by atoms with Gasteiger partial charge in [0.1, 0.15) is 5.69 Å². The molecule has 0 radical (unpaired) electrons. The van der Waals surface area contributed by atoms with E-state index in [4.69, 9.17) is 5.11 Å². The van der Waals surface area contributed by atoms with E-state index in [1.807, 2.05) is 0 Å². The molecule has 1 amide bonds. The topological polar surface area (TPSA) is 127 Å². The van der Waals surface area contributed by atoms with Gasteiger partial charge >= 0.3 is 5.97 Å². The van der Waals surface area contributed by atoms with Crippen LogP contribution in [-0.2, 0) is 4.79 Å². The van der Waals surface area contributed by atoms with Crippen LogP contribution in [0.25, 0.3) is 5.69 Å². The van der Waals surface area contributed by atoms with Crippen molar-refractivity contribution in [3.05, 3.63) is 52.3 Å². The molecule has 0 fully saturated rings. The number of aromatic nitrogens is 2. The van der Waals surface area contributed by atoms with Crippen molar-refractivity contribution in [3.63, 3.8) is 0 Å². The van der Waals surface area contributed by atoms with Crippen molar-refractivity contribution in [1.82, 2.24) is 15.1 Å². The van der Waals surface area contributed by atoms with E-state index < -0.39 is 16.8 Å². The van der Waals surface area contributed by atoms with Crippen LogP contribution in [0, 0.1) is 10.1 Å². The molecule has 24 heavy (non-hydrogen) atoms. The van der Waals surface area contributed by atoms with Gasteiger partial charge in [-0.1, -0.05) is 12.1 Å². The molecule has 2 rings (SSSR count). The molecule has 1 heterocycles. The molecular formula is C15H16N4O5. The van der Waals surface area contributed by atoms with Crippen LogP contribution < -0.4 is 5.32 Å². The summed E-state index contributed by atoms with van der Waals surface area (Å²) in [4.78, 5) is 32.9. The fraction of sp³-hybridized carbons (Fsp3) is 0.267. The monoisotopic (exact) mass is 332 g/mol. The third kappa shape index (κ3) is 4.38. The Morgan fingerprint density at radius 2 is 2.00 bits per heavy atom. The van der Waals surface area contributed by atoms with Crippen molar-refractivity contribution < 1.29 is 19.6 Å². The van der Waals surface area contributed by atoms with Gasteiger partial charge in [-0.2, -0.15) is 5.10 Å². The predicted octanol–water partition coefficient (Wildman–Crippen LogP) is 1.77. The first kappa shape index (κ1) is 17.1. The number of carbonyl (C=O) groups is 2. The molecule has 0 spiro atoms. The van der Waals surface area contributed by atoms with Gasteiger partial charge in [-0.05, 0) is 25.0 Å². The summed E-state index contributed by atoms with van der Waals surface area (Å²) in [5.74, 6) is -1.29. The maximum Gasteiger partial charge on any atom is 0.303 e. The van der Waals surface area contributed by atoms with Crippen molar-refractivity contribution >= 4 is 17.6 Å². The molecule has 0 aliphatic heterocycles. The smallest absolute Gasteiger partial charge is 0.303 e. The summed E-state index contributed by atoms with van der Waals surface area (Å²) in [6.45, 7) is 0.338. The van der Waals surface area contributed by atoms with E-state index in [0.717, 1.165) is 0 Å². The Balaban J connectivity index is 1.99. The fourth-order valence-corrected chi connectivity index (χ4v) is 2.09. The number of carboxylic acid groups (broad SMARTS) is 1. The van der Waals surface area contributed by atoms with E-state index in [0.29, 0.717) is 19.4 Å². The number of nitrogens with one attached hydrogen (secondary N) is 1. The molecule has 2 N–H and O–H groups in total. The molecule has 0 unspecified atom stereocenters. The Morgan fingerprint density at radius 1 is 1.25 bits per heavy atom. The number of unbranched alkanes of at least 4 members (excludes halogenated alkanes) is 1. The van der Waals surface area contributed by atoms with E-state index in [2.05, 4.69) is 10.4 Å². The summed E-state index contributed by atoms with van der Waals surface area (Å²) in [6, 6.07) is 7.56. The van der Waals surface area contributed by atoms with E-state index in [9.17, 15) is 19.7 Å². The Morgan fingerprint density at radius 3 is 2.71 bits per heavy atom. The summed E-state index contributed by atoms with van der Waals surface area (Å²) in [5, 5.41) is 26.2. The van der Waals surface area contributed by atoms with Gasteiger partial charge in [-0.15, -0.1) is 0 Å². The van der Waals surface area contributed by atoms with Crippen molar-refractivity contribution in [3.8, 4) is 5.69 Å². The first-order valence-electron chi connectivity index (χ1n) is 7.28. The van der Waals surface area contributed by atoms with E-state index in [1.165, 1.54) is 23.0 Å². The van der Waals surface area contributed by atoms with E-state index >= 15 is 0 Å². The summed E-state index contributed by atoms with van der Waals surface area (Å²) in [6.07, 6.45) is 2.55. The fourth-order valence-electron chi connectivity index (χ4n) is 2.09. The molecule has 0 atom stereocenters. The van der Waals surface area contributed by atoms with Gasteiger partial charge < -0.3 is 10.4 Å². The number of nitro benzene ring substituents is 1. The number of hydrogen-bond donors (Lipinski definition) is 2. The average Bonchev–Trinajstić information content (AvgIpc) is 3.04. The first-order chi connectivity index (χ1) is 11.5. The standard InChI is InChI=1S/C15H16N4O5/c20-14(21)7-3-4-9-16-15(22)11-8-10-18(17-11)12-5-1-2-6-13(12)19(23)24/h1-2,5-6,8,10H,3-4,7,9H2,(H,16,22)(H,20,21). The molecule has 1 aromatic heterocycles. The maximum absolute atomic E-state index is 12.0. The molecule has 0 aliphatic rings. The van der Waals surface area contributed by atoms with E-state index in [1.54, 1.807) is 18.2 Å². The SMILES string of the molecule is O=C(O)CCCCNC(=O)c1ccn(-c2ccccc2[N+](=O)[O-])n1. The van der Waals surface area contributed by atoms with Crippen LogP contribution in [-0.4, -0.2) is 38.2 Å². The number of rotatable bonds is 8. The number of carboxylic acids is 1. The predicted molar refractivity (Wildman–Crippen MR) is 84.0 cm³/mol. The number of para-hydroxylation sites is 2. The quantitative estimate of drug-likeness (QED) is 0.431. The molecule has 9 nitrogen and oxygen atoms in total. The Bertz CT molecular complexity index is 756. The van der Waals surface area contributed by atoms with Crippen LogP contribution in [0.3, 0.4) is 0 Å². The minimum absolute atomic E-state index is 0.0577. The Hall–Kier alpha value is -3.23. The second kappa shape index (κ2) is 7.86. The Kier molecular flexibility index (Phi) is 5.61. The number of amides is 1. The number of nitrogens with zero attached hydrogens (tertiary/aromatic N) is 3. The van der Waals surface area contributed by atoms with Gasteiger partial charge in [0.2, 0.25) is 0 Å².